The Labute approximate surface area is 155 Å². The molecule has 0 aliphatic heterocycles. The summed E-state index contributed by atoms with van der Waals surface area (Å²) in [6, 6.07) is 10.1. The molecule has 1 unspecified atom stereocenters. The Hall–Kier alpha value is -2.25. The van der Waals surface area contributed by atoms with Crippen molar-refractivity contribution >= 4 is 29.5 Å². The Morgan fingerprint density at radius 1 is 1.44 bits per heavy atom. The third kappa shape index (κ3) is 4.43. The number of amides is 1. The summed E-state index contributed by atoms with van der Waals surface area (Å²) in [5.41, 5.74) is 3.30. The minimum atomic E-state index is -0.0749. The summed E-state index contributed by atoms with van der Waals surface area (Å²) in [4.78, 5) is 12.4. The summed E-state index contributed by atoms with van der Waals surface area (Å²) in [7, 11) is 0. The Balaban J connectivity index is 1.71. The maximum absolute atomic E-state index is 12.4. The number of carbonyl (C=O) groups is 1. The van der Waals surface area contributed by atoms with Crippen LogP contribution in [-0.4, -0.2) is 26.7 Å². The highest BCUT2D eigenvalue weighted by molar-refractivity contribution is 7.71. The molecule has 1 amide bonds. The van der Waals surface area contributed by atoms with E-state index >= 15 is 0 Å². The Morgan fingerprint density at radius 3 is 3.00 bits per heavy atom. The number of nitrogens with zero attached hydrogens (tertiary/aromatic N) is 2. The molecule has 0 saturated carbocycles. The fourth-order valence-electron chi connectivity index (χ4n) is 2.75. The fraction of sp³-hybridized carbons (Fsp3) is 0.278. The Bertz CT molecular complexity index is 911. The molecule has 5 nitrogen and oxygen atoms in total. The van der Waals surface area contributed by atoms with Crippen molar-refractivity contribution in [2.75, 3.05) is 0 Å². The molecule has 0 aliphatic rings. The number of H-pyrrole nitrogens is 1. The van der Waals surface area contributed by atoms with Crippen molar-refractivity contribution in [3.8, 4) is 11.4 Å². The molecular formula is C18H20N4OS2. The molecule has 0 spiro atoms. The fourth-order valence-corrected chi connectivity index (χ4v) is 3.62. The van der Waals surface area contributed by atoms with E-state index in [2.05, 4.69) is 27.0 Å². The van der Waals surface area contributed by atoms with Gasteiger partial charge in [0.25, 0.3) is 0 Å². The highest BCUT2D eigenvalue weighted by atomic mass is 32.1. The van der Waals surface area contributed by atoms with Crippen molar-refractivity contribution in [3.63, 3.8) is 0 Å². The topological polar surface area (TPSA) is 62.7 Å². The largest absolute Gasteiger partial charge is 0.352 e. The van der Waals surface area contributed by atoms with Crippen LogP contribution in [0, 0.1) is 11.7 Å². The lowest BCUT2D eigenvalue weighted by molar-refractivity contribution is -0.122. The highest BCUT2D eigenvalue weighted by Gasteiger charge is 2.14. The number of rotatable bonds is 6. The van der Waals surface area contributed by atoms with Gasteiger partial charge in [-0.1, -0.05) is 23.8 Å². The van der Waals surface area contributed by atoms with E-state index in [1.54, 1.807) is 15.9 Å². The first kappa shape index (κ1) is 17.6. The quantitative estimate of drug-likeness (QED) is 0.648. The molecule has 0 saturated heterocycles. The molecule has 0 bridgehead atoms. The van der Waals surface area contributed by atoms with Crippen LogP contribution in [0.4, 0.5) is 0 Å². The molecule has 7 heteroatoms. The van der Waals surface area contributed by atoms with Crippen LogP contribution in [0.15, 0.2) is 41.1 Å². The van der Waals surface area contributed by atoms with Gasteiger partial charge in [0, 0.05) is 11.6 Å². The highest BCUT2D eigenvalue weighted by Crippen LogP contribution is 2.18. The Kier molecular flexibility index (Phi) is 5.45. The maximum Gasteiger partial charge on any atom is 0.240 e. The average Bonchev–Trinajstić information content (AvgIpc) is 3.18. The molecule has 25 heavy (non-hydrogen) atoms. The molecule has 0 fully saturated rings. The van der Waals surface area contributed by atoms with Gasteiger partial charge in [-0.25, -0.2) is 0 Å². The summed E-state index contributed by atoms with van der Waals surface area (Å²) < 4.78 is 2.17. The van der Waals surface area contributed by atoms with Crippen molar-refractivity contribution in [2.45, 2.75) is 32.9 Å². The molecule has 3 rings (SSSR count). The normalized spacial score (nSPS) is 12.1. The standard InChI is InChI=1S/C18H20N4OS2/c1-12-4-3-5-15(8-12)17-20-21-18(24)22(17)10-16(23)19-13(2)9-14-6-7-25-11-14/h3-8,11,13H,9-10H2,1-2H3,(H,19,23)(H,21,24). The summed E-state index contributed by atoms with van der Waals surface area (Å²) in [6.07, 6.45) is 0.816. The predicted molar refractivity (Wildman–Crippen MR) is 103 cm³/mol. The zero-order valence-electron chi connectivity index (χ0n) is 14.2. The lowest BCUT2D eigenvalue weighted by Gasteiger charge is -2.14. The summed E-state index contributed by atoms with van der Waals surface area (Å²) >= 11 is 6.96. The minimum absolute atomic E-state index is 0.0607. The second-order valence-corrected chi connectivity index (χ2v) is 7.28. The van der Waals surface area contributed by atoms with Gasteiger partial charge in [0.2, 0.25) is 5.91 Å². The van der Waals surface area contributed by atoms with E-state index in [1.165, 1.54) is 5.56 Å². The average molecular weight is 373 g/mol. The van der Waals surface area contributed by atoms with Crippen molar-refractivity contribution < 1.29 is 4.79 Å². The van der Waals surface area contributed by atoms with Crippen molar-refractivity contribution in [3.05, 3.63) is 57.0 Å². The van der Waals surface area contributed by atoms with E-state index in [0.717, 1.165) is 17.5 Å². The number of thiophene rings is 1. The monoisotopic (exact) mass is 372 g/mol. The zero-order chi connectivity index (χ0) is 17.8. The second-order valence-electron chi connectivity index (χ2n) is 6.11. The number of benzene rings is 1. The molecule has 3 aromatic rings. The van der Waals surface area contributed by atoms with E-state index in [1.807, 2.05) is 43.5 Å². The number of aromatic amines is 1. The molecule has 1 atom stereocenters. The van der Waals surface area contributed by atoms with Crippen molar-refractivity contribution in [1.29, 1.82) is 0 Å². The van der Waals surface area contributed by atoms with Gasteiger partial charge < -0.3 is 5.32 Å². The van der Waals surface area contributed by atoms with E-state index in [4.69, 9.17) is 12.2 Å². The first-order valence-corrected chi connectivity index (χ1v) is 9.40. The lowest BCUT2D eigenvalue weighted by atomic mass is 10.1. The van der Waals surface area contributed by atoms with Crippen molar-refractivity contribution in [2.24, 2.45) is 0 Å². The first-order valence-electron chi connectivity index (χ1n) is 8.05. The van der Waals surface area contributed by atoms with Gasteiger partial charge in [-0.2, -0.15) is 16.4 Å². The molecule has 130 valence electrons. The van der Waals surface area contributed by atoms with Crippen LogP contribution in [0.2, 0.25) is 0 Å². The molecular weight excluding hydrogens is 352 g/mol. The Morgan fingerprint density at radius 2 is 2.28 bits per heavy atom. The third-order valence-corrected chi connectivity index (χ3v) is 4.91. The van der Waals surface area contributed by atoms with Gasteiger partial charge in [-0.3, -0.25) is 14.5 Å². The van der Waals surface area contributed by atoms with Gasteiger partial charge in [-0.15, -0.1) is 0 Å². The summed E-state index contributed by atoms with van der Waals surface area (Å²) in [5, 5.41) is 14.3. The molecule has 2 aromatic heterocycles. The van der Waals surface area contributed by atoms with Gasteiger partial charge in [0.1, 0.15) is 6.54 Å². The van der Waals surface area contributed by atoms with E-state index in [-0.39, 0.29) is 18.5 Å². The first-order chi connectivity index (χ1) is 12.0. The van der Waals surface area contributed by atoms with Gasteiger partial charge in [0.05, 0.1) is 0 Å². The van der Waals surface area contributed by atoms with Crippen LogP contribution in [0.1, 0.15) is 18.1 Å². The SMILES string of the molecule is Cc1cccc(-c2n[nH]c(=S)n2CC(=O)NC(C)Cc2ccsc2)c1. The van der Waals surface area contributed by atoms with Crippen LogP contribution in [0.25, 0.3) is 11.4 Å². The molecule has 0 aliphatic carbocycles. The number of hydrogen-bond acceptors (Lipinski definition) is 4. The smallest absolute Gasteiger partial charge is 0.240 e. The lowest BCUT2D eigenvalue weighted by Crippen LogP contribution is -2.36. The molecule has 2 heterocycles. The second kappa shape index (κ2) is 7.76. The molecule has 2 N–H and O–H groups in total. The number of aryl methyl sites for hydroxylation is 1. The van der Waals surface area contributed by atoms with Crippen LogP contribution in [0.3, 0.4) is 0 Å². The van der Waals surface area contributed by atoms with Crippen LogP contribution in [-0.2, 0) is 17.8 Å². The van der Waals surface area contributed by atoms with Gasteiger partial charge in [-0.05, 0) is 60.9 Å². The van der Waals surface area contributed by atoms with Crippen LogP contribution < -0.4 is 5.32 Å². The van der Waals surface area contributed by atoms with Gasteiger partial charge in [0.15, 0.2) is 10.6 Å². The minimum Gasteiger partial charge on any atom is -0.352 e. The summed E-state index contributed by atoms with van der Waals surface area (Å²) in [5.74, 6) is 0.600. The molecule has 1 aromatic carbocycles. The van der Waals surface area contributed by atoms with Crippen LogP contribution in [0.5, 0.6) is 0 Å². The van der Waals surface area contributed by atoms with Gasteiger partial charge >= 0.3 is 0 Å². The predicted octanol–water partition coefficient (Wildman–Crippen LogP) is 3.73. The number of aromatic nitrogens is 3. The molecule has 0 radical (unpaired) electrons. The number of nitrogens with one attached hydrogen (secondary N) is 2. The third-order valence-electron chi connectivity index (χ3n) is 3.87. The number of carbonyl (C=O) groups excluding carboxylic acids is 1. The van der Waals surface area contributed by atoms with Crippen LogP contribution >= 0.6 is 23.6 Å². The van der Waals surface area contributed by atoms with E-state index in [0.29, 0.717) is 10.6 Å². The summed E-state index contributed by atoms with van der Waals surface area (Å²) in [6.45, 7) is 4.17. The maximum atomic E-state index is 12.4. The van der Waals surface area contributed by atoms with E-state index in [9.17, 15) is 4.79 Å². The zero-order valence-corrected chi connectivity index (χ0v) is 15.8. The van der Waals surface area contributed by atoms with Crippen molar-refractivity contribution in [1.82, 2.24) is 20.1 Å². The van der Waals surface area contributed by atoms with E-state index < -0.39 is 0 Å². The number of hydrogen-bond donors (Lipinski definition) is 2.